The first-order chi connectivity index (χ1) is 4.29. The fourth-order valence-electron chi connectivity index (χ4n) is 0.706. The van der Waals surface area contributed by atoms with Gasteiger partial charge in [-0.25, -0.2) is 0 Å². The van der Waals surface area contributed by atoms with Crippen LogP contribution in [0.4, 0.5) is 0 Å². The van der Waals surface area contributed by atoms with Crippen LogP contribution in [0.2, 0.25) is 0 Å². The fourth-order valence-corrected chi connectivity index (χ4v) is 1.61. The second-order valence-corrected chi connectivity index (χ2v) is 2.88. The molecule has 0 fully saturated rings. The van der Waals surface area contributed by atoms with Gasteiger partial charge >= 0.3 is 0 Å². The molecule has 0 aliphatic carbocycles. The third-order valence-electron chi connectivity index (χ3n) is 1.14. The van der Waals surface area contributed by atoms with Crippen LogP contribution in [0.1, 0.15) is 0 Å². The molecule has 3 nitrogen and oxygen atoms in total. The molecule has 1 unspecified atom stereocenters. The zero-order valence-corrected chi connectivity index (χ0v) is 5.63. The zero-order chi connectivity index (χ0) is 6.69. The fraction of sp³-hybridized carbons (Fsp3) is 0.600. The van der Waals surface area contributed by atoms with Crippen molar-refractivity contribution in [3.05, 3.63) is 21.6 Å². The van der Waals surface area contributed by atoms with Gasteiger partial charge in [-0.1, -0.05) is 6.08 Å². The Morgan fingerprint density at radius 2 is 2.67 bits per heavy atom. The summed E-state index contributed by atoms with van der Waals surface area (Å²) in [7, 11) is 0. The molecule has 50 valence electrons. The Balaban J connectivity index is 2.28. The molecule has 1 atom stereocenters. The van der Waals surface area contributed by atoms with Crippen molar-refractivity contribution in [3.63, 3.8) is 0 Å². The predicted octanol–water partition coefficient (Wildman–Crippen LogP) is 1.14. The van der Waals surface area contributed by atoms with Crippen LogP contribution in [0.3, 0.4) is 0 Å². The summed E-state index contributed by atoms with van der Waals surface area (Å²) in [5, 5.41) is 11.8. The smallest absolute Gasteiger partial charge is 0.210 e. The lowest BCUT2D eigenvalue weighted by molar-refractivity contribution is -0.484. The number of hydrogen-bond donors (Lipinski definition) is 0. The molecule has 0 saturated carbocycles. The summed E-state index contributed by atoms with van der Waals surface area (Å²) in [6, 6.07) is 0. The highest BCUT2D eigenvalue weighted by atomic mass is 32.2. The van der Waals surface area contributed by atoms with Crippen LogP contribution in [-0.4, -0.2) is 17.2 Å². The molecule has 1 rings (SSSR count). The quantitative estimate of drug-likeness (QED) is 0.432. The molecule has 0 bridgehead atoms. The predicted molar refractivity (Wildman–Crippen MR) is 36.9 cm³/mol. The molecule has 0 amide bonds. The van der Waals surface area contributed by atoms with Crippen LogP contribution in [0.5, 0.6) is 0 Å². The van der Waals surface area contributed by atoms with E-state index in [1.807, 2.05) is 11.5 Å². The van der Waals surface area contributed by atoms with E-state index in [1.54, 1.807) is 11.8 Å². The van der Waals surface area contributed by atoms with E-state index in [4.69, 9.17) is 0 Å². The normalized spacial score (nSPS) is 24.7. The van der Waals surface area contributed by atoms with E-state index < -0.39 is 0 Å². The highest BCUT2D eigenvalue weighted by Gasteiger charge is 2.14. The second-order valence-electron chi connectivity index (χ2n) is 1.94. The summed E-state index contributed by atoms with van der Waals surface area (Å²) >= 11 is 1.64. The van der Waals surface area contributed by atoms with Gasteiger partial charge in [0.15, 0.2) is 0 Å². The lowest BCUT2D eigenvalue weighted by Crippen LogP contribution is -2.11. The third kappa shape index (κ3) is 2.05. The molecule has 1 heterocycles. The Kier molecular flexibility index (Phi) is 2.10. The summed E-state index contributed by atoms with van der Waals surface area (Å²) < 4.78 is 0. The van der Waals surface area contributed by atoms with Crippen molar-refractivity contribution in [2.45, 2.75) is 0 Å². The molecular weight excluding hydrogens is 138 g/mol. The second kappa shape index (κ2) is 2.87. The van der Waals surface area contributed by atoms with Crippen LogP contribution in [-0.2, 0) is 0 Å². The summed E-state index contributed by atoms with van der Waals surface area (Å²) in [4.78, 5) is 9.65. The monoisotopic (exact) mass is 145 g/mol. The first-order valence-corrected chi connectivity index (χ1v) is 3.74. The van der Waals surface area contributed by atoms with Crippen molar-refractivity contribution in [2.24, 2.45) is 5.92 Å². The Bertz CT molecular complexity index is 146. The van der Waals surface area contributed by atoms with Gasteiger partial charge in [-0.2, -0.15) is 0 Å². The van der Waals surface area contributed by atoms with Crippen LogP contribution in [0, 0.1) is 16.0 Å². The lowest BCUT2D eigenvalue weighted by Gasteiger charge is -1.96. The Morgan fingerprint density at radius 3 is 3.11 bits per heavy atom. The Labute approximate surface area is 57.3 Å². The van der Waals surface area contributed by atoms with E-state index in [-0.39, 0.29) is 17.4 Å². The minimum atomic E-state index is -0.263. The maximum Gasteiger partial charge on any atom is 0.210 e. The molecule has 0 aromatic carbocycles. The van der Waals surface area contributed by atoms with Crippen molar-refractivity contribution in [1.82, 2.24) is 0 Å². The first-order valence-electron chi connectivity index (χ1n) is 2.69. The van der Waals surface area contributed by atoms with E-state index >= 15 is 0 Å². The maximum absolute atomic E-state index is 9.92. The van der Waals surface area contributed by atoms with Crippen LogP contribution >= 0.6 is 11.8 Å². The largest absolute Gasteiger partial charge is 0.265 e. The van der Waals surface area contributed by atoms with Gasteiger partial charge in [0.1, 0.15) is 0 Å². The average molecular weight is 145 g/mol. The standard InChI is InChI=1S/C5H7NO2S/c7-6(8)3-5-1-2-9-4-5/h1-2,5H,3-4H2. The van der Waals surface area contributed by atoms with Crippen LogP contribution in [0.15, 0.2) is 11.5 Å². The summed E-state index contributed by atoms with van der Waals surface area (Å²) in [6.07, 6.45) is 1.90. The van der Waals surface area contributed by atoms with E-state index in [9.17, 15) is 10.1 Å². The van der Waals surface area contributed by atoms with Gasteiger partial charge in [0.25, 0.3) is 0 Å². The van der Waals surface area contributed by atoms with E-state index in [0.29, 0.717) is 0 Å². The van der Waals surface area contributed by atoms with E-state index in [0.717, 1.165) is 5.75 Å². The number of thioether (sulfide) groups is 1. The highest BCUT2D eigenvalue weighted by molar-refractivity contribution is 8.02. The third-order valence-corrected chi connectivity index (χ3v) is 2.11. The number of rotatable bonds is 2. The van der Waals surface area contributed by atoms with Crippen molar-refractivity contribution in [3.8, 4) is 0 Å². The van der Waals surface area contributed by atoms with Gasteiger partial charge in [-0.15, -0.1) is 11.8 Å². The van der Waals surface area contributed by atoms with Gasteiger partial charge in [0.05, 0.1) is 5.92 Å². The first kappa shape index (κ1) is 6.61. The molecule has 0 N–H and O–H groups in total. The molecule has 0 spiro atoms. The van der Waals surface area contributed by atoms with Gasteiger partial charge in [-0.3, -0.25) is 10.1 Å². The van der Waals surface area contributed by atoms with Crippen molar-refractivity contribution in [2.75, 3.05) is 12.3 Å². The molecule has 4 heteroatoms. The zero-order valence-electron chi connectivity index (χ0n) is 4.82. The summed E-state index contributed by atoms with van der Waals surface area (Å²) in [5.41, 5.74) is 0. The molecule has 1 aliphatic heterocycles. The van der Waals surface area contributed by atoms with Crippen molar-refractivity contribution in [1.29, 1.82) is 0 Å². The topological polar surface area (TPSA) is 43.1 Å². The van der Waals surface area contributed by atoms with E-state index in [1.165, 1.54) is 0 Å². The minimum Gasteiger partial charge on any atom is -0.265 e. The molecule has 1 aliphatic rings. The van der Waals surface area contributed by atoms with Gasteiger partial charge < -0.3 is 0 Å². The minimum absolute atomic E-state index is 0.0868. The molecule has 0 aromatic heterocycles. The van der Waals surface area contributed by atoms with Gasteiger partial charge in [0, 0.05) is 10.7 Å². The Morgan fingerprint density at radius 1 is 1.89 bits per heavy atom. The van der Waals surface area contributed by atoms with Crippen LogP contribution < -0.4 is 0 Å². The summed E-state index contributed by atoms with van der Waals surface area (Å²) in [5.74, 6) is 1.05. The number of nitro groups is 1. The summed E-state index contributed by atoms with van der Waals surface area (Å²) in [6.45, 7) is 0.0868. The van der Waals surface area contributed by atoms with Gasteiger partial charge in [-0.05, 0) is 5.41 Å². The Hall–Kier alpha value is -0.510. The van der Waals surface area contributed by atoms with E-state index in [2.05, 4.69) is 0 Å². The molecular formula is C5H7NO2S. The maximum atomic E-state index is 9.92. The average Bonchev–Trinajstić information content (AvgIpc) is 2.15. The molecule has 9 heavy (non-hydrogen) atoms. The SMILES string of the molecule is O=[N+]([O-])CC1C=CSC1. The number of hydrogen-bond acceptors (Lipinski definition) is 3. The lowest BCUT2D eigenvalue weighted by atomic mass is 10.2. The van der Waals surface area contributed by atoms with Crippen molar-refractivity contribution < 1.29 is 4.92 Å². The van der Waals surface area contributed by atoms with Crippen molar-refractivity contribution >= 4 is 11.8 Å². The highest BCUT2D eigenvalue weighted by Crippen LogP contribution is 2.19. The molecule has 0 aromatic rings. The number of nitrogens with zero attached hydrogens (tertiary/aromatic N) is 1. The van der Waals surface area contributed by atoms with Gasteiger partial charge in [0.2, 0.25) is 6.54 Å². The van der Waals surface area contributed by atoms with Crippen LogP contribution in [0.25, 0.3) is 0 Å². The molecule has 0 saturated heterocycles. The molecule has 0 radical (unpaired) electrons.